The Hall–Kier alpha value is -3.08. The lowest BCUT2D eigenvalue weighted by Gasteiger charge is -2.12. The molecular formula is C20H20N4O4S2. The number of amides is 2. The highest BCUT2D eigenvalue weighted by molar-refractivity contribution is 7.89. The molecule has 0 aliphatic rings. The van der Waals surface area contributed by atoms with E-state index in [1.54, 1.807) is 6.92 Å². The summed E-state index contributed by atoms with van der Waals surface area (Å²) < 4.78 is 25.6. The third-order valence-corrected chi connectivity index (χ3v) is 6.93. The molecule has 3 aromatic rings. The Morgan fingerprint density at radius 2 is 1.63 bits per heavy atom. The van der Waals surface area contributed by atoms with Gasteiger partial charge in [-0.05, 0) is 25.1 Å². The number of aryl methyl sites for hydroxylation is 1. The van der Waals surface area contributed by atoms with Crippen LogP contribution in [0.15, 0.2) is 59.5 Å². The Morgan fingerprint density at radius 1 is 0.967 bits per heavy atom. The second-order valence-corrected chi connectivity index (χ2v) is 9.86. The minimum Gasteiger partial charge on any atom is -0.267 e. The van der Waals surface area contributed by atoms with Crippen LogP contribution < -0.4 is 10.9 Å². The summed E-state index contributed by atoms with van der Waals surface area (Å²) in [6.07, 6.45) is 0. The minimum atomic E-state index is -3.68. The molecule has 0 fully saturated rings. The van der Waals surface area contributed by atoms with Gasteiger partial charge in [0.05, 0.1) is 15.6 Å². The van der Waals surface area contributed by atoms with Gasteiger partial charge >= 0.3 is 0 Å². The number of hydrogen-bond acceptors (Lipinski definition) is 6. The first-order valence-corrected chi connectivity index (χ1v) is 11.1. The van der Waals surface area contributed by atoms with E-state index in [9.17, 15) is 18.0 Å². The fourth-order valence-electron chi connectivity index (χ4n) is 2.62. The molecule has 30 heavy (non-hydrogen) atoms. The number of hydrazine groups is 1. The Kier molecular flexibility index (Phi) is 6.30. The molecule has 156 valence electrons. The van der Waals surface area contributed by atoms with E-state index in [-0.39, 0.29) is 10.5 Å². The monoisotopic (exact) mass is 444 g/mol. The average Bonchev–Trinajstić information content (AvgIpc) is 3.14. The lowest BCUT2D eigenvalue weighted by molar-refractivity contribution is 0.0849. The summed E-state index contributed by atoms with van der Waals surface area (Å²) in [5.41, 5.74) is 6.12. The van der Waals surface area contributed by atoms with Gasteiger partial charge in [-0.25, -0.2) is 17.7 Å². The number of thiazole rings is 1. The first-order valence-electron chi connectivity index (χ1n) is 8.86. The summed E-state index contributed by atoms with van der Waals surface area (Å²) in [5.74, 6) is -1.15. The van der Waals surface area contributed by atoms with Gasteiger partial charge in [-0.15, -0.1) is 11.3 Å². The number of sulfonamides is 1. The molecule has 0 radical (unpaired) electrons. The second kappa shape index (κ2) is 8.74. The molecule has 1 heterocycles. The summed E-state index contributed by atoms with van der Waals surface area (Å²) in [7, 11) is -0.868. The highest BCUT2D eigenvalue weighted by atomic mass is 32.2. The maximum Gasteiger partial charge on any atom is 0.282 e. The minimum absolute atomic E-state index is 0.0177. The molecule has 3 rings (SSSR count). The van der Waals surface area contributed by atoms with Crippen molar-refractivity contribution in [1.29, 1.82) is 0 Å². The third-order valence-electron chi connectivity index (χ3n) is 4.15. The highest BCUT2D eigenvalue weighted by Crippen LogP contribution is 2.27. The van der Waals surface area contributed by atoms with Gasteiger partial charge in [0, 0.05) is 25.2 Å². The molecule has 0 spiro atoms. The number of nitrogens with zero attached hydrogens (tertiary/aromatic N) is 2. The van der Waals surface area contributed by atoms with Gasteiger partial charge in [0.2, 0.25) is 10.0 Å². The number of rotatable bonds is 5. The number of hydrogen-bond donors (Lipinski definition) is 2. The number of carbonyl (C=O) groups is 2. The van der Waals surface area contributed by atoms with E-state index >= 15 is 0 Å². The lowest BCUT2D eigenvalue weighted by atomic mass is 10.1. The van der Waals surface area contributed by atoms with E-state index in [4.69, 9.17) is 0 Å². The maximum absolute atomic E-state index is 12.6. The quantitative estimate of drug-likeness (QED) is 0.588. The molecule has 1 aromatic heterocycles. The fraction of sp³-hybridized carbons (Fsp3) is 0.150. The van der Waals surface area contributed by atoms with E-state index in [2.05, 4.69) is 15.8 Å². The van der Waals surface area contributed by atoms with Crippen LogP contribution in [0.25, 0.3) is 11.3 Å². The van der Waals surface area contributed by atoms with Gasteiger partial charge in [0.25, 0.3) is 11.8 Å². The van der Waals surface area contributed by atoms with Crippen molar-refractivity contribution in [3.63, 3.8) is 0 Å². The number of aromatic nitrogens is 1. The average molecular weight is 445 g/mol. The van der Waals surface area contributed by atoms with Crippen LogP contribution in [0.2, 0.25) is 0 Å². The zero-order chi connectivity index (χ0) is 21.9. The molecule has 0 atom stereocenters. The summed E-state index contributed by atoms with van der Waals surface area (Å²) >= 11 is 1.21. The molecule has 10 heteroatoms. The molecule has 0 saturated carbocycles. The summed E-state index contributed by atoms with van der Waals surface area (Å²) in [4.78, 5) is 29.9. The van der Waals surface area contributed by atoms with Crippen LogP contribution in [-0.4, -0.2) is 43.6 Å². The first kappa shape index (κ1) is 21.6. The van der Waals surface area contributed by atoms with Crippen LogP contribution in [0.5, 0.6) is 0 Å². The van der Waals surface area contributed by atoms with E-state index in [1.165, 1.54) is 49.7 Å². The number of carbonyl (C=O) groups excluding carboxylic acids is 2. The molecule has 0 aliphatic carbocycles. The first-order chi connectivity index (χ1) is 14.2. The molecule has 2 amide bonds. The van der Waals surface area contributed by atoms with Gasteiger partial charge in [0.15, 0.2) is 0 Å². The van der Waals surface area contributed by atoms with Crippen LogP contribution in [0.3, 0.4) is 0 Å². The summed E-state index contributed by atoms with van der Waals surface area (Å²) in [5, 5.41) is 0.715. The van der Waals surface area contributed by atoms with Gasteiger partial charge in [-0.2, -0.15) is 0 Å². The molecule has 0 bridgehead atoms. The second-order valence-electron chi connectivity index (χ2n) is 6.50. The molecule has 0 unspecified atom stereocenters. The van der Waals surface area contributed by atoms with Crippen molar-refractivity contribution < 1.29 is 18.0 Å². The lowest BCUT2D eigenvalue weighted by Crippen LogP contribution is -2.41. The molecular weight excluding hydrogens is 424 g/mol. The van der Waals surface area contributed by atoms with Crippen LogP contribution in [0.4, 0.5) is 0 Å². The Bertz CT molecular complexity index is 1190. The van der Waals surface area contributed by atoms with Gasteiger partial charge in [0.1, 0.15) is 4.88 Å². The highest BCUT2D eigenvalue weighted by Gasteiger charge is 2.21. The van der Waals surface area contributed by atoms with E-state index in [1.807, 2.05) is 30.3 Å². The molecule has 0 saturated heterocycles. The van der Waals surface area contributed by atoms with Crippen LogP contribution in [-0.2, 0) is 10.0 Å². The maximum atomic E-state index is 12.6. The number of nitrogens with one attached hydrogen (secondary N) is 2. The predicted octanol–water partition coefficient (Wildman–Crippen LogP) is 2.44. The zero-order valence-electron chi connectivity index (χ0n) is 16.5. The molecule has 2 N–H and O–H groups in total. The molecule has 2 aromatic carbocycles. The van der Waals surface area contributed by atoms with E-state index < -0.39 is 21.8 Å². The van der Waals surface area contributed by atoms with Crippen molar-refractivity contribution in [3.05, 3.63) is 70.0 Å². The van der Waals surface area contributed by atoms with Crippen molar-refractivity contribution in [2.45, 2.75) is 11.8 Å². The van der Waals surface area contributed by atoms with Crippen LogP contribution in [0.1, 0.15) is 25.0 Å². The Balaban J connectivity index is 1.76. The predicted molar refractivity (Wildman–Crippen MR) is 115 cm³/mol. The van der Waals surface area contributed by atoms with Crippen molar-refractivity contribution in [2.75, 3.05) is 14.1 Å². The standard InChI is InChI=1S/C20H20N4O4S2/c1-13-21-17(14-8-5-4-6-9-14)18(29-13)20(26)23-22-19(25)15-10-7-11-16(12-15)30(27,28)24(2)3/h4-12H,1-3H3,(H,22,25)(H,23,26). The SMILES string of the molecule is Cc1nc(-c2ccccc2)c(C(=O)NNC(=O)c2cccc(S(=O)(=O)N(C)C)c2)s1. The van der Waals surface area contributed by atoms with Crippen molar-refractivity contribution in [3.8, 4) is 11.3 Å². The third kappa shape index (κ3) is 4.56. The van der Waals surface area contributed by atoms with Crippen LogP contribution >= 0.6 is 11.3 Å². The zero-order valence-corrected chi connectivity index (χ0v) is 18.2. The van der Waals surface area contributed by atoms with Gasteiger partial charge in [-0.1, -0.05) is 36.4 Å². The van der Waals surface area contributed by atoms with Crippen LogP contribution in [0, 0.1) is 6.92 Å². The smallest absolute Gasteiger partial charge is 0.267 e. The Labute approximate surface area is 178 Å². The van der Waals surface area contributed by atoms with Gasteiger partial charge in [-0.3, -0.25) is 20.4 Å². The largest absolute Gasteiger partial charge is 0.282 e. The van der Waals surface area contributed by atoms with E-state index in [0.29, 0.717) is 15.6 Å². The topological polar surface area (TPSA) is 108 Å². The van der Waals surface area contributed by atoms with Crippen molar-refractivity contribution in [1.82, 2.24) is 20.1 Å². The van der Waals surface area contributed by atoms with E-state index in [0.717, 1.165) is 9.87 Å². The Morgan fingerprint density at radius 3 is 2.30 bits per heavy atom. The summed E-state index contributed by atoms with van der Waals surface area (Å²) in [6, 6.07) is 14.8. The fourth-order valence-corrected chi connectivity index (χ4v) is 4.41. The summed E-state index contributed by atoms with van der Waals surface area (Å²) in [6.45, 7) is 1.79. The normalized spacial score (nSPS) is 11.3. The van der Waals surface area contributed by atoms with Crippen molar-refractivity contribution >= 4 is 33.2 Å². The molecule has 0 aliphatic heterocycles. The van der Waals surface area contributed by atoms with Crippen molar-refractivity contribution in [2.24, 2.45) is 0 Å². The number of benzene rings is 2. The molecule has 8 nitrogen and oxygen atoms in total. The van der Waals surface area contributed by atoms with Gasteiger partial charge < -0.3 is 0 Å².